The molecule has 0 unspecified atom stereocenters. The third-order valence-corrected chi connectivity index (χ3v) is 18.0. The summed E-state index contributed by atoms with van der Waals surface area (Å²) in [6.07, 6.45) is -2.46. The minimum Gasteiger partial charge on any atom is -0.394 e. The molecule has 0 aromatic carbocycles. The molecular weight excluding hydrogens is 696 g/mol. The van der Waals surface area contributed by atoms with E-state index in [4.69, 9.17) is 18.9 Å². The molecule has 12 heteroatoms. The van der Waals surface area contributed by atoms with Gasteiger partial charge in [-0.25, -0.2) is 0 Å². The van der Waals surface area contributed by atoms with Gasteiger partial charge in [0.2, 0.25) is 0 Å². The molecule has 5 aliphatic carbocycles. The molecule has 20 atom stereocenters. The number of hydrogen-bond acceptors (Lipinski definition) is 12. The number of rotatable bonds is 8. The maximum atomic E-state index is 10.8. The van der Waals surface area contributed by atoms with Crippen molar-refractivity contribution in [2.24, 2.45) is 62.6 Å². The van der Waals surface area contributed by atoms with Gasteiger partial charge >= 0.3 is 0 Å². The van der Waals surface area contributed by atoms with Crippen LogP contribution >= 0.6 is 0 Å². The SMILES string of the molecule is CC(C)[C@@H]1CC[C@]2(CO[C@@H]3O[C@H](CO)[C@@H](O)[C@H](O)[C@H]3O)CC[C@]3(C)[C@H](CC[C@@H]4[C@@]5(C)CC[C@H](O[C@@H]6O[C@H](CO)[C@H](O)[C@H](O)[C@H]6O)C(C)(C)[C@@H]5CC[C@]43C)[C@@H]12. The lowest BCUT2D eigenvalue weighted by atomic mass is 9.32. The van der Waals surface area contributed by atoms with E-state index in [1.54, 1.807) is 0 Å². The van der Waals surface area contributed by atoms with Crippen molar-refractivity contribution in [3.8, 4) is 0 Å². The number of fused-ring (bicyclic) bond motifs is 7. The Morgan fingerprint density at radius 2 is 1.22 bits per heavy atom. The summed E-state index contributed by atoms with van der Waals surface area (Å²) in [5.74, 6) is 2.92. The molecule has 5 saturated carbocycles. The zero-order valence-corrected chi connectivity index (χ0v) is 33.7. The van der Waals surface area contributed by atoms with Crippen LogP contribution in [0.4, 0.5) is 0 Å². The number of aliphatic hydroxyl groups is 8. The summed E-state index contributed by atoms with van der Waals surface area (Å²) in [6, 6.07) is 0. The monoisotopic (exact) mass is 769 g/mol. The molecule has 0 aromatic rings. The zero-order valence-electron chi connectivity index (χ0n) is 33.7. The van der Waals surface area contributed by atoms with E-state index in [0.29, 0.717) is 42.1 Å². The van der Waals surface area contributed by atoms with Gasteiger partial charge in [0.1, 0.15) is 48.8 Å². The van der Waals surface area contributed by atoms with Crippen molar-refractivity contribution < 1.29 is 59.8 Å². The van der Waals surface area contributed by atoms with E-state index < -0.39 is 74.6 Å². The Morgan fingerprint density at radius 1 is 0.611 bits per heavy atom. The van der Waals surface area contributed by atoms with Crippen molar-refractivity contribution >= 4 is 0 Å². The van der Waals surface area contributed by atoms with E-state index in [2.05, 4.69) is 48.5 Å². The minimum atomic E-state index is -1.46. The Balaban J connectivity index is 1.11. The Morgan fingerprint density at radius 3 is 1.83 bits per heavy atom. The molecule has 0 bridgehead atoms. The topological polar surface area (TPSA) is 199 Å². The summed E-state index contributed by atoms with van der Waals surface area (Å²) < 4.78 is 24.6. The first-order chi connectivity index (χ1) is 25.3. The molecule has 7 aliphatic rings. The van der Waals surface area contributed by atoms with Crippen LogP contribution in [0.25, 0.3) is 0 Å². The first kappa shape index (κ1) is 41.7. The Hall–Kier alpha value is -0.480. The number of ether oxygens (including phenoxy) is 4. The lowest BCUT2D eigenvalue weighted by Gasteiger charge is -2.73. The average Bonchev–Trinajstić information content (AvgIpc) is 3.52. The predicted octanol–water partition coefficient (Wildman–Crippen LogP) is 2.73. The number of aliphatic hydroxyl groups excluding tert-OH is 8. The van der Waals surface area contributed by atoms with Gasteiger partial charge in [-0.2, -0.15) is 0 Å². The van der Waals surface area contributed by atoms with Gasteiger partial charge in [-0.1, -0.05) is 48.5 Å². The molecule has 12 nitrogen and oxygen atoms in total. The van der Waals surface area contributed by atoms with Gasteiger partial charge in [-0.05, 0) is 127 Å². The highest BCUT2D eigenvalue weighted by Gasteiger charge is 2.71. The van der Waals surface area contributed by atoms with Crippen LogP contribution in [0.3, 0.4) is 0 Å². The number of hydrogen-bond donors (Lipinski definition) is 8. The third kappa shape index (κ3) is 6.13. The normalized spacial score (nSPS) is 55.8. The zero-order chi connectivity index (χ0) is 39.3. The highest BCUT2D eigenvalue weighted by Crippen LogP contribution is 2.77. The molecule has 2 saturated heterocycles. The van der Waals surface area contributed by atoms with Crippen molar-refractivity contribution in [1.29, 1.82) is 0 Å². The largest absolute Gasteiger partial charge is 0.394 e. The Kier molecular flexibility index (Phi) is 11.3. The van der Waals surface area contributed by atoms with Crippen LogP contribution < -0.4 is 0 Å². The fourth-order valence-electron chi connectivity index (χ4n) is 14.8. The molecular formula is C42H72O12. The Labute approximate surface area is 321 Å². The average molecular weight is 769 g/mol. The quantitative estimate of drug-likeness (QED) is 0.168. The Bertz CT molecular complexity index is 1330. The molecule has 312 valence electrons. The first-order valence-corrected chi connectivity index (χ1v) is 21.2. The van der Waals surface area contributed by atoms with Gasteiger partial charge < -0.3 is 59.8 Å². The van der Waals surface area contributed by atoms with E-state index in [-0.39, 0.29) is 33.2 Å². The third-order valence-electron chi connectivity index (χ3n) is 18.0. The molecule has 2 aliphatic heterocycles. The van der Waals surface area contributed by atoms with Crippen molar-refractivity contribution in [1.82, 2.24) is 0 Å². The van der Waals surface area contributed by atoms with E-state index >= 15 is 0 Å². The van der Waals surface area contributed by atoms with Crippen LogP contribution in [-0.2, 0) is 18.9 Å². The molecule has 54 heavy (non-hydrogen) atoms. The van der Waals surface area contributed by atoms with E-state index in [0.717, 1.165) is 64.2 Å². The lowest BCUT2D eigenvalue weighted by molar-refractivity contribution is -0.332. The van der Waals surface area contributed by atoms with Gasteiger partial charge in [0.05, 0.1) is 25.9 Å². The summed E-state index contributed by atoms with van der Waals surface area (Å²) in [6.45, 7) is 16.5. The van der Waals surface area contributed by atoms with Gasteiger partial charge in [0.25, 0.3) is 0 Å². The predicted molar refractivity (Wildman–Crippen MR) is 197 cm³/mol. The first-order valence-electron chi connectivity index (χ1n) is 21.2. The van der Waals surface area contributed by atoms with Gasteiger partial charge in [0.15, 0.2) is 12.6 Å². The molecule has 2 heterocycles. The van der Waals surface area contributed by atoms with Crippen molar-refractivity contribution in [3.05, 3.63) is 0 Å². The van der Waals surface area contributed by atoms with Crippen LogP contribution in [0.2, 0.25) is 0 Å². The van der Waals surface area contributed by atoms with Gasteiger partial charge in [-0.3, -0.25) is 0 Å². The van der Waals surface area contributed by atoms with Crippen molar-refractivity contribution in [2.75, 3.05) is 19.8 Å². The molecule has 7 fully saturated rings. The molecule has 0 radical (unpaired) electrons. The van der Waals surface area contributed by atoms with Crippen LogP contribution in [0, 0.1) is 62.6 Å². The fourth-order valence-corrected chi connectivity index (χ4v) is 14.8. The second-order valence-corrected chi connectivity index (χ2v) is 20.7. The van der Waals surface area contributed by atoms with E-state index in [1.807, 2.05) is 0 Å². The van der Waals surface area contributed by atoms with Crippen LogP contribution in [0.5, 0.6) is 0 Å². The molecule has 8 N–H and O–H groups in total. The van der Waals surface area contributed by atoms with Crippen molar-refractivity contribution in [3.63, 3.8) is 0 Å². The summed E-state index contributed by atoms with van der Waals surface area (Å²) in [4.78, 5) is 0. The summed E-state index contributed by atoms with van der Waals surface area (Å²) in [7, 11) is 0. The van der Waals surface area contributed by atoms with Crippen LogP contribution in [-0.4, -0.2) is 128 Å². The summed E-state index contributed by atoms with van der Waals surface area (Å²) in [5.41, 5.74) is -0.0106. The minimum absolute atomic E-state index is 0.0770. The molecule has 0 amide bonds. The highest BCUT2D eigenvalue weighted by molar-refractivity contribution is 5.20. The van der Waals surface area contributed by atoms with Crippen molar-refractivity contribution in [2.45, 2.75) is 180 Å². The molecule has 0 aromatic heterocycles. The van der Waals surface area contributed by atoms with Gasteiger partial charge in [-0.15, -0.1) is 0 Å². The smallest absolute Gasteiger partial charge is 0.186 e. The van der Waals surface area contributed by atoms with Crippen LogP contribution in [0.1, 0.15) is 113 Å². The summed E-state index contributed by atoms with van der Waals surface area (Å²) >= 11 is 0. The second kappa shape index (κ2) is 14.7. The van der Waals surface area contributed by atoms with E-state index in [9.17, 15) is 40.9 Å². The lowest BCUT2D eigenvalue weighted by Crippen LogP contribution is -2.67. The molecule has 7 rings (SSSR count). The van der Waals surface area contributed by atoms with Crippen LogP contribution in [0.15, 0.2) is 0 Å². The maximum Gasteiger partial charge on any atom is 0.186 e. The van der Waals surface area contributed by atoms with E-state index in [1.165, 1.54) is 0 Å². The summed E-state index contributed by atoms with van der Waals surface area (Å²) in [5, 5.41) is 82.9. The molecule has 0 spiro atoms. The second-order valence-electron chi connectivity index (χ2n) is 20.7. The fraction of sp³-hybridized carbons (Fsp3) is 1.00. The van der Waals surface area contributed by atoms with Gasteiger partial charge in [0, 0.05) is 0 Å². The maximum absolute atomic E-state index is 10.8. The highest BCUT2D eigenvalue weighted by atomic mass is 16.7. The standard InChI is InChI=1S/C42H72O12/c1-21(2)22-10-15-42(20-51-36-34(49)32(47)30(45)24(18-43)52-36)17-16-40(6)23(29(22)42)8-9-27-39(5)13-12-28(38(3,4)26(39)11-14-41(27,40)7)54-37-35(50)33(48)31(46)25(19-44)53-37/h21-37,43-50H,8-20H2,1-7H3/t22-,23+,24+,25+,26-,27+,28-,29+,30+,31-,32-,33-,34+,35+,36+,37-,39-,40+,41+,42+/m0/s1.